The van der Waals surface area contributed by atoms with Crippen LogP contribution in [0.1, 0.15) is 20.3 Å². The van der Waals surface area contributed by atoms with Crippen molar-refractivity contribution < 1.29 is 13.9 Å². The molecule has 1 aromatic rings. The number of rotatable bonds is 4. The van der Waals surface area contributed by atoms with Crippen molar-refractivity contribution in [1.82, 2.24) is 0 Å². The molecule has 0 aliphatic heterocycles. The Balaban J connectivity index is 2.50. The smallest absolute Gasteiger partial charge is 0.330 e. The average molecular weight is 197 g/mol. The Bertz CT molecular complexity index is 282. The van der Waals surface area contributed by atoms with Crippen molar-refractivity contribution in [3.8, 4) is 5.95 Å². The monoisotopic (exact) mass is 197 g/mol. The van der Waals surface area contributed by atoms with Crippen molar-refractivity contribution >= 4 is 5.97 Å². The maximum Gasteiger partial charge on any atom is 0.330 e. The Kier molecular flexibility index (Phi) is 3.71. The molecule has 0 aromatic carbocycles. The maximum absolute atomic E-state index is 11.4. The van der Waals surface area contributed by atoms with Gasteiger partial charge in [-0.3, -0.25) is 0 Å². The normalized spacial score (nSPS) is 14.8. The molecular formula is C10H15NO3. The van der Waals surface area contributed by atoms with Gasteiger partial charge in [0.1, 0.15) is 6.04 Å². The van der Waals surface area contributed by atoms with Gasteiger partial charge in [-0.05, 0) is 12.0 Å². The molecule has 0 bridgehead atoms. The second kappa shape index (κ2) is 4.81. The van der Waals surface area contributed by atoms with Crippen LogP contribution in [0, 0.1) is 5.92 Å². The highest BCUT2D eigenvalue weighted by molar-refractivity contribution is 5.77. The fourth-order valence-corrected chi connectivity index (χ4v) is 0.975. The third-order valence-corrected chi connectivity index (χ3v) is 2.23. The van der Waals surface area contributed by atoms with Crippen molar-refractivity contribution in [3.63, 3.8) is 0 Å². The largest absolute Gasteiger partial charge is 0.434 e. The minimum Gasteiger partial charge on any atom is -0.434 e. The first-order valence-corrected chi connectivity index (χ1v) is 4.66. The van der Waals surface area contributed by atoms with Gasteiger partial charge >= 0.3 is 5.97 Å². The summed E-state index contributed by atoms with van der Waals surface area (Å²) in [6, 6.07) is 2.63. The second-order valence-electron chi connectivity index (χ2n) is 3.26. The van der Waals surface area contributed by atoms with E-state index in [0.29, 0.717) is 0 Å². The maximum atomic E-state index is 11.4. The molecule has 0 aliphatic carbocycles. The molecule has 4 heteroatoms. The number of furan rings is 1. The van der Waals surface area contributed by atoms with Crippen LogP contribution in [0.2, 0.25) is 0 Å². The molecule has 1 aromatic heterocycles. The third-order valence-electron chi connectivity index (χ3n) is 2.23. The van der Waals surface area contributed by atoms with Crippen molar-refractivity contribution in [2.75, 3.05) is 0 Å². The number of carbonyl (C=O) groups is 1. The molecule has 0 spiro atoms. The lowest BCUT2D eigenvalue weighted by atomic mass is 10.0. The summed E-state index contributed by atoms with van der Waals surface area (Å²) < 4.78 is 9.78. The molecule has 14 heavy (non-hydrogen) atoms. The van der Waals surface area contributed by atoms with E-state index in [9.17, 15) is 4.79 Å². The highest BCUT2D eigenvalue weighted by atomic mass is 16.6. The zero-order chi connectivity index (χ0) is 10.6. The Hall–Kier alpha value is -1.29. The van der Waals surface area contributed by atoms with Gasteiger partial charge in [0.2, 0.25) is 0 Å². The lowest BCUT2D eigenvalue weighted by Gasteiger charge is -2.15. The van der Waals surface area contributed by atoms with Crippen LogP contribution in [-0.4, -0.2) is 12.0 Å². The number of nitrogens with two attached hydrogens (primary N) is 1. The van der Waals surface area contributed by atoms with Gasteiger partial charge in [-0.25, -0.2) is 4.79 Å². The summed E-state index contributed by atoms with van der Waals surface area (Å²) >= 11 is 0. The van der Waals surface area contributed by atoms with E-state index in [1.54, 1.807) is 12.1 Å². The molecule has 0 unspecified atom stereocenters. The van der Waals surface area contributed by atoms with Gasteiger partial charge < -0.3 is 14.9 Å². The minimum atomic E-state index is -0.593. The highest BCUT2D eigenvalue weighted by Crippen LogP contribution is 2.13. The standard InChI is InChI=1S/C10H15NO3/c1-3-7(2)9(11)10(12)14-8-5-4-6-13-8/h4-7,9H,3,11H2,1-2H3/t7-,9-/m0/s1. The van der Waals surface area contributed by atoms with Crippen molar-refractivity contribution in [2.45, 2.75) is 26.3 Å². The molecule has 0 saturated carbocycles. The molecule has 0 saturated heterocycles. The Morgan fingerprint density at radius 3 is 2.93 bits per heavy atom. The Morgan fingerprint density at radius 1 is 1.71 bits per heavy atom. The van der Waals surface area contributed by atoms with E-state index >= 15 is 0 Å². The van der Waals surface area contributed by atoms with Crippen LogP contribution in [0.5, 0.6) is 5.95 Å². The molecular weight excluding hydrogens is 182 g/mol. The summed E-state index contributed by atoms with van der Waals surface area (Å²) in [6.45, 7) is 3.89. The van der Waals surface area contributed by atoms with E-state index in [2.05, 4.69) is 0 Å². The molecule has 0 amide bonds. The first kappa shape index (κ1) is 10.8. The fourth-order valence-electron chi connectivity index (χ4n) is 0.975. The topological polar surface area (TPSA) is 65.5 Å². The molecule has 0 fully saturated rings. The molecule has 4 nitrogen and oxygen atoms in total. The summed E-state index contributed by atoms with van der Waals surface area (Å²) in [4.78, 5) is 11.4. The quantitative estimate of drug-likeness (QED) is 0.744. The predicted molar refractivity (Wildman–Crippen MR) is 51.8 cm³/mol. The van der Waals surface area contributed by atoms with Crippen LogP contribution in [0.3, 0.4) is 0 Å². The van der Waals surface area contributed by atoms with Crippen molar-refractivity contribution in [2.24, 2.45) is 11.7 Å². The van der Waals surface area contributed by atoms with E-state index in [0.717, 1.165) is 6.42 Å². The average Bonchev–Trinajstić information content (AvgIpc) is 2.68. The van der Waals surface area contributed by atoms with Gasteiger partial charge in [-0.2, -0.15) is 0 Å². The van der Waals surface area contributed by atoms with Gasteiger partial charge in [0.15, 0.2) is 0 Å². The van der Waals surface area contributed by atoms with Crippen LogP contribution in [-0.2, 0) is 4.79 Å². The van der Waals surface area contributed by atoms with E-state index < -0.39 is 12.0 Å². The van der Waals surface area contributed by atoms with E-state index in [-0.39, 0.29) is 11.9 Å². The van der Waals surface area contributed by atoms with E-state index in [1.165, 1.54) is 6.26 Å². The van der Waals surface area contributed by atoms with Crippen molar-refractivity contribution in [1.29, 1.82) is 0 Å². The highest BCUT2D eigenvalue weighted by Gasteiger charge is 2.22. The van der Waals surface area contributed by atoms with Gasteiger partial charge in [-0.15, -0.1) is 0 Å². The van der Waals surface area contributed by atoms with Crippen molar-refractivity contribution in [3.05, 3.63) is 18.4 Å². The van der Waals surface area contributed by atoms with Crippen LogP contribution in [0.4, 0.5) is 0 Å². The lowest BCUT2D eigenvalue weighted by molar-refractivity contribution is -0.138. The first-order chi connectivity index (χ1) is 6.65. The van der Waals surface area contributed by atoms with Crippen LogP contribution >= 0.6 is 0 Å². The Morgan fingerprint density at radius 2 is 2.43 bits per heavy atom. The SMILES string of the molecule is CC[C@H](C)[C@H](N)C(=O)Oc1ccco1. The Labute approximate surface area is 83.0 Å². The number of ether oxygens (including phenoxy) is 1. The molecule has 78 valence electrons. The lowest BCUT2D eigenvalue weighted by Crippen LogP contribution is -2.39. The van der Waals surface area contributed by atoms with Gasteiger partial charge in [0.05, 0.1) is 6.26 Å². The number of hydrogen-bond donors (Lipinski definition) is 1. The molecule has 1 heterocycles. The summed E-state index contributed by atoms with van der Waals surface area (Å²) in [6.07, 6.45) is 2.28. The molecule has 1 rings (SSSR count). The number of carbonyl (C=O) groups excluding carboxylic acids is 1. The fraction of sp³-hybridized carbons (Fsp3) is 0.500. The molecule has 0 radical (unpaired) electrons. The zero-order valence-electron chi connectivity index (χ0n) is 8.40. The molecule has 2 atom stereocenters. The summed E-state index contributed by atoms with van der Waals surface area (Å²) in [5.41, 5.74) is 5.67. The van der Waals surface area contributed by atoms with Gasteiger partial charge in [0, 0.05) is 6.07 Å². The summed E-state index contributed by atoms with van der Waals surface area (Å²) in [7, 11) is 0. The number of hydrogen-bond acceptors (Lipinski definition) is 4. The van der Waals surface area contributed by atoms with Crippen LogP contribution in [0.15, 0.2) is 22.8 Å². The molecule has 2 N–H and O–H groups in total. The van der Waals surface area contributed by atoms with Gasteiger partial charge in [-0.1, -0.05) is 20.3 Å². The third kappa shape index (κ3) is 2.60. The summed E-state index contributed by atoms with van der Waals surface area (Å²) in [5.74, 6) is -0.152. The van der Waals surface area contributed by atoms with E-state index in [4.69, 9.17) is 14.9 Å². The summed E-state index contributed by atoms with van der Waals surface area (Å²) in [5, 5.41) is 0. The number of esters is 1. The first-order valence-electron chi connectivity index (χ1n) is 4.66. The van der Waals surface area contributed by atoms with Crippen LogP contribution < -0.4 is 10.5 Å². The predicted octanol–water partition coefficient (Wildman–Crippen LogP) is 1.56. The van der Waals surface area contributed by atoms with Gasteiger partial charge in [0.25, 0.3) is 5.95 Å². The molecule has 0 aliphatic rings. The zero-order valence-corrected chi connectivity index (χ0v) is 8.40. The van der Waals surface area contributed by atoms with Crippen LogP contribution in [0.25, 0.3) is 0 Å². The van der Waals surface area contributed by atoms with E-state index in [1.807, 2.05) is 13.8 Å². The second-order valence-corrected chi connectivity index (χ2v) is 3.26. The minimum absolute atomic E-state index is 0.109.